The topological polar surface area (TPSA) is 12.0 Å². The van der Waals surface area contributed by atoms with E-state index in [2.05, 4.69) is 44.3 Å². The van der Waals surface area contributed by atoms with Gasteiger partial charge in [0.25, 0.3) is 0 Å². The summed E-state index contributed by atoms with van der Waals surface area (Å²) in [6.45, 7) is 7.68. The van der Waals surface area contributed by atoms with E-state index in [9.17, 15) is 0 Å². The Morgan fingerprint density at radius 1 is 1.36 bits per heavy atom. The highest BCUT2D eigenvalue weighted by Crippen LogP contribution is 2.29. The van der Waals surface area contributed by atoms with E-state index < -0.39 is 0 Å². The van der Waals surface area contributed by atoms with Crippen molar-refractivity contribution in [3.8, 4) is 0 Å². The van der Waals surface area contributed by atoms with Gasteiger partial charge in [-0.25, -0.2) is 0 Å². The second-order valence-electron chi connectivity index (χ2n) is 4.63. The molecule has 1 heteroatoms. The molecule has 1 aromatic carbocycles. The summed E-state index contributed by atoms with van der Waals surface area (Å²) in [4.78, 5) is 0. The van der Waals surface area contributed by atoms with Crippen LogP contribution >= 0.6 is 0 Å². The van der Waals surface area contributed by atoms with Gasteiger partial charge in [-0.05, 0) is 37.3 Å². The molecule has 1 saturated carbocycles. The van der Waals surface area contributed by atoms with Crippen molar-refractivity contribution in [2.75, 3.05) is 0 Å². The summed E-state index contributed by atoms with van der Waals surface area (Å²) in [6.07, 6.45) is 1.35. The van der Waals surface area contributed by atoms with Gasteiger partial charge in [0, 0.05) is 12.6 Å². The zero-order valence-corrected chi connectivity index (χ0v) is 9.30. The lowest BCUT2D eigenvalue weighted by atomic mass is 10.1. The van der Waals surface area contributed by atoms with E-state index in [-0.39, 0.29) is 0 Å². The zero-order valence-electron chi connectivity index (χ0n) is 9.30. The molecule has 0 spiro atoms. The molecule has 1 aromatic rings. The average Bonchev–Trinajstić information content (AvgIpc) is 2.84. The molecule has 0 aliphatic heterocycles. The van der Waals surface area contributed by atoms with Crippen LogP contribution in [0.2, 0.25) is 0 Å². The second kappa shape index (κ2) is 3.74. The standard InChI is InChI=1S/C13H19N/c1-9-4-5-10(2)12(6-9)8-14-13-7-11(13)3/h4-6,11,13-14H,7-8H2,1-3H3/t11-,13-/m1/s1. The fraction of sp³-hybridized carbons (Fsp3) is 0.538. The van der Waals surface area contributed by atoms with Crippen molar-refractivity contribution in [2.45, 2.75) is 39.8 Å². The summed E-state index contributed by atoms with van der Waals surface area (Å²) in [5.74, 6) is 0.889. The molecule has 0 radical (unpaired) electrons. The van der Waals surface area contributed by atoms with E-state index in [0.717, 1.165) is 18.5 Å². The first kappa shape index (κ1) is 9.72. The Balaban J connectivity index is 1.97. The van der Waals surface area contributed by atoms with E-state index in [0.29, 0.717) is 0 Å². The minimum atomic E-state index is 0.773. The van der Waals surface area contributed by atoms with Gasteiger partial charge < -0.3 is 5.32 Å². The molecule has 2 atom stereocenters. The first-order valence-electron chi connectivity index (χ1n) is 5.46. The maximum absolute atomic E-state index is 3.59. The maximum atomic E-state index is 3.59. The highest BCUT2D eigenvalue weighted by molar-refractivity contribution is 5.30. The quantitative estimate of drug-likeness (QED) is 0.771. The zero-order chi connectivity index (χ0) is 10.1. The fourth-order valence-corrected chi connectivity index (χ4v) is 1.84. The highest BCUT2D eigenvalue weighted by atomic mass is 15.0. The SMILES string of the molecule is Cc1ccc(C)c(CN[C@@H]2C[C@H]2C)c1. The van der Waals surface area contributed by atoms with E-state index in [4.69, 9.17) is 0 Å². The van der Waals surface area contributed by atoms with Crippen LogP contribution in [0.5, 0.6) is 0 Å². The molecule has 1 aliphatic rings. The van der Waals surface area contributed by atoms with Gasteiger partial charge in [0.1, 0.15) is 0 Å². The third-order valence-corrected chi connectivity index (χ3v) is 3.17. The molecule has 0 heterocycles. The first-order chi connectivity index (χ1) is 6.66. The van der Waals surface area contributed by atoms with Crippen LogP contribution in [0.4, 0.5) is 0 Å². The molecular formula is C13H19N. The third-order valence-electron chi connectivity index (χ3n) is 3.17. The summed E-state index contributed by atoms with van der Waals surface area (Å²) in [7, 11) is 0. The smallest absolute Gasteiger partial charge is 0.0210 e. The lowest BCUT2D eigenvalue weighted by molar-refractivity contribution is 0.650. The molecular weight excluding hydrogens is 170 g/mol. The number of hydrogen-bond acceptors (Lipinski definition) is 1. The molecule has 0 saturated heterocycles. The van der Waals surface area contributed by atoms with E-state index in [1.54, 1.807) is 0 Å². The van der Waals surface area contributed by atoms with Crippen LogP contribution in [0, 0.1) is 19.8 Å². The van der Waals surface area contributed by atoms with Gasteiger partial charge in [0.05, 0.1) is 0 Å². The minimum absolute atomic E-state index is 0.773. The molecule has 1 N–H and O–H groups in total. The van der Waals surface area contributed by atoms with Crippen molar-refractivity contribution in [3.05, 3.63) is 34.9 Å². The van der Waals surface area contributed by atoms with Gasteiger partial charge in [-0.2, -0.15) is 0 Å². The van der Waals surface area contributed by atoms with Gasteiger partial charge in [0.2, 0.25) is 0 Å². The average molecular weight is 189 g/mol. The molecule has 1 aliphatic carbocycles. The molecule has 0 bridgehead atoms. The van der Waals surface area contributed by atoms with Crippen LogP contribution in [0.15, 0.2) is 18.2 Å². The molecule has 2 rings (SSSR count). The van der Waals surface area contributed by atoms with Crippen molar-refractivity contribution in [1.29, 1.82) is 0 Å². The Kier molecular flexibility index (Phi) is 2.60. The lowest BCUT2D eigenvalue weighted by Gasteiger charge is -2.08. The molecule has 0 aromatic heterocycles. The molecule has 76 valence electrons. The van der Waals surface area contributed by atoms with Gasteiger partial charge in [-0.1, -0.05) is 30.7 Å². The number of nitrogens with one attached hydrogen (secondary N) is 1. The molecule has 0 unspecified atom stereocenters. The molecule has 1 nitrogen and oxygen atoms in total. The van der Waals surface area contributed by atoms with E-state index in [1.165, 1.54) is 23.1 Å². The van der Waals surface area contributed by atoms with Crippen molar-refractivity contribution >= 4 is 0 Å². The Morgan fingerprint density at radius 2 is 2.07 bits per heavy atom. The third kappa shape index (κ3) is 2.16. The first-order valence-corrected chi connectivity index (χ1v) is 5.46. The van der Waals surface area contributed by atoms with E-state index in [1.807, 2.05) is 0 Å². The predicted molar refractivity (Wildman–Crippen MR) is 60.3 cm³/mol. The summed E-state index contributed by atoms with van der Waals surface area (Å²) in [5.41, 5.74) is 4.21. The van der Waals surface area contributed by atoms with E-state index >= 15 is 0 Å². The number of aryl methyl sites for hydroxylation is 2. The Bertz CT molecular complexity index is 330. The number of rotatable bonds is 3. The number of benzene rings is 1. The summed E-state index contributed by atoms with van der Waals surface area (Å²) >= 11 is 0. The molecule has 1 fully saturated rings. The Labute approximate surface area is 86.5 Å². The molecule has 0 amide bonds. The van der Waals surface area contributed by atoms with Crippen molar-refractivity contribution in [1.82, 2.24) is 5.32 Å². The highest BCUT2D eigenvalue weighted by Gasteiger charge is 2.31. The number of hydrogen-bond donors (Lipinski definition) is 1. The van der Waals surface area contributed by atoms with Crippen molar-refractivity contribution in [2.24, 2.45) is 5.92 Å². The Hall–Kier alpha value is -0.820. The second-order valence-corrected chi connectivity index (χ2v) is 4.63. The van der Waals surface area contributed by atoms with Crippen LogP contribution in [0.3, 0.4) is 0 Å². The van der Waals surface area contributed by atoms with Gasteiger partial charge in [0.15, 0.2) is 0 Å². The van der Waals surface area contributed by atoms with Crippen LogP contribution < -0.4 is 5.32 Å². The predicted octanol–water partition coefficient (Wildman–Crippen LogP) is 2.80. The van der Waals surface area contributed by atoms with Gasteiger partial charge >= 0.3 is 0 Å². The van der Waals surface area contributed by atoms with Crippen molar-refractivity contribution < 1.29 is 0 Å². The lowest BCUT2D eigenvalue weighted by Crippen LogP contribution is -2.17. The van der Waals surface area contributed by atoms with Crippen LogP contribution in [-0.4, -0.2) is 6.04 Å². The largest absolute Gasteiger partial charge is 0.310 e. The molecule has 14 heavy (non-hydrogen) atoms. The fourth-order valence-electron chi connectivity index (χ4n) is 1.84. The summed E-state index contributed by atoms with van der Waals surface area (Å²) < 4.78 is 0. The minimum Gasteiger partial charge on any atom is -0.310 e. The monoisotopic (exact) mass is 189 g/mol. The van der Waals surface area contributed by atoms with Gasteiger partial charge in [-0.15, -0.1) is 0 Å². The van der Waals surface area contributed by atoms with Crippen LogP contribution in [0.1, 0.15) is 30.0 Å². The van der Waals surface area contributed by atoms with Crippen LogP contribution in [0.25, 0.3) is 0 Å². The van der Waals surface area contributed by atoms with Crippen LogP contribution in [-0.2, 0) is 6.54 Å². The normalized spacial score (nSPS) is 25.1. The Morgan fingerprint density at radius 3 is 2.71 bits per heavy atom. The van der Waals surface area contributed by atoms with Crippen molar-refractivity contribution in [3.63, 3.8) is 0 Å². The summed E-state index contributed by atoms with van der Waals surface area (Å²) in [5, 5.41) is 3.59. The van der Waals surface area contributed by atoms with Gasteiger partial charge in [-0.3, -0.25) is 0 Å². The maximum Gasteiger partial charge on any atom is 0.0210 e. The summed E-state index contributed by atoms with van der Waals surface area (Å²) in [6, 6.07) is 7.45.